The molecule has 1 fully saturated rings. The lowest BCUT2D eigenvalue weighted by Crippen LogP contribution is -2.56. The van der Waals surface area contributed by atoms with E-state index >= 15 is 0 Å². The van der Waals surface area contributed by atoms with Crippen molar-refractivity contribution in [1.29, 1.82) is 0 Å². The highest BCUT2D eigenvalue weighted by molar-refractivity contribution is 5.85. The summed E-state index contributed by atoms with van der Waals surface area (Å²) in [6.07, 6.45) is 3.47. The summed E-state index contributed by atoms with van der Waals surface area (Å²) in [7, 11) is 0. The molecule has 1 saturated heterocycles. The number of carbonyl (C=O) groups excluding carboxylic acids is 1. The summed E-state index contributed by atoms with van der Waals surface area (Å²) in [5, 5.41) is 10.6. The smallest absolute Gasteiger partial charge is 0.408 e. The molecule has 0 aromatic carbocycles. The van der Waals surface area contributed by atoms with Crippen LogP contribution in [-0.2, 0) is 9.63 Å². The molecule has 2 amide bonds. The Hall–Kier alpha value is -1.56. The zero-order chi connectivity index (χ0) is 14.4. The Balaban J connectivity index is 2.14. The maximum atomic E-state index is 12.4. The highest BCUT2D eigenvalue weighted by atomic mass is 16.7. The molecule has 2 rings (SSSR count). The first kappa shape index (κ1) is 13.9. The summed E-state index contributed by atoms with van der Waals surface area (Å²) in [5.74, 6) is -0.311. The minimum Gasteiger partial charge on any atom is -0.465 e. The van der Waals surface area contributed by atoms with Crippen molar-refractivity contribution in [3.8, 4) is 0 Å². The lowest BCUT2D eigenvalue weighted by molar-refractivity contribution is -0.188. The number of carboxylic acid groups (broad SMARTS) is 1. The van der Waals surface area contributed by atoms with Crippen molar-refractivity contribution in [3.05, 3.63) is 12.2 Å². The number of hydrogen-bond donors (Lipinski definition) is 1. The number of amides is 2. The van der Waals surface area contributed by atoms with Gasteiger partial charge in [-0.15, -0.1) is 0 Å². The molecule has 3 atom stereocenters. The predicted octanol–water partition coefficient (Wildman–Crippen LogP) is 1.62. The van der Waals surface area contributed by atoms with E-state index in [9.17, 15) is 14.7 Å². The van der Waals surface area contributed by atoms with Gasteiger partial charge in [0.25, 0.3) is 5.91 Å². The van der Waals surface area contributed by atoms with Gasteiger partial charge in [0, 0.05) is 12.0 Å². The molecule has 0 spiro atoms. The minimum atomic E-state index is -1.10. The Kier molecular flexibility index (Phi) is 3.30. The van der Waals surface area contributed by atoms with E-state index in [4.69, 9.17) is 4.84 Å². The molecule has 2 bridgehead atoms. The second-order valence-electron chi connectivity index (χ2n) is 6.00. The first-order valence-electron chi connectivity index (χ1n) is 6.42. The molecule has 2 unspecified atom stereocenters. The normalized spacial score (nSPS) is 26.6. The molecule has 1 N–H and O–H groups in total. The molecule has 2 aliphatic rings. The van der Waals surface area contributed by atoms with E-state index in [1.54, 1.807) is 27.7 Å². The van der Waals surface area contributed by atoms with E-state index in [1.165, 1.54) is 5.06 Å². The number of carbonyl (C=O) groups is 2. The van der Waals surface area contributed by atoms with E-state index in [2.05, 4.69) is 0 Å². The summed E-state index contributed by atoms with van der Waals surface area (Å²) in [4.78, 5) is 30.4. The van der Waals surface area contributed by atoms with Gasteiger partial charge in [0.05, 0.1) is 6.04 Å². The fourth-order valence-electron chi connectivity index (χ4n) is 2.67. The van der Waals surface area contributed by atoms with Crippen LogP contribution in [0.25, 0.3) is 0 Å². The average Bonchev–Trinajstić information content (AvgIpc) is 2.86. The van der Waals surface area contributed by atoms with Crippen LogP contribution in [0.1, 0.15) is 34.1 Å². The summed E-state index contributed by atoms with van der Waals surface area (Å²) in [5.41, 5.74) is -0.643. The van der Waals surface area contributed by atoms with Crippen molar-refractivity contribution in [2.24, 2.45) is 0 Å². The van der Waals surface area contributed by atoms with Crippen molar-refractivity contribution in [2.75, 3.05) is 0 Å². The molecule has 19 heavy (non-hydrogen) atoms. The summed E-state index contributed by atoms with van der Waals surface area (Å²) >= 11 is 0. The Morgan fingerprint density at radius 2 is 2.05 bits per heavy atom. The van der Waals surface area contributed by atoms with Crippen molar-refractivity contribution >= 4 is 12.0 Å². The van der Waals surface area contributed by atoms with E-state index in [0.29, 0.717) is 0 Å². The summed E-state index contributed by atoms with van der Waals surface area (Å²) in [6, 6.07) is -0.833. The lowest BCUT2D eigenvalue weighted by atomic mass is 10.0. The molecule has 1 aliphatic heterocycles. The second-order valence-corrected chi connectivity index (χ2v) is 6.00. The molecular weight excluding hydrogens is 248 g/mol. The Morgan fingerprint density at radius 1 is 1.42 bits per heavy atom. The zero-order valence-electron chi connectivity index (χ0n) is 11.7. The maximum Gasteiger partial charge on any atom is 0.408 e. The maximum absolute atomic E-state index is 12.4. The summed E-state index contributed by atoms with van der Waals surface area (Å²) in [6.45, 7) is 6.89. The Labute approximate surface area is 112 Å². The van der Waals surface area contributed by atoms with Crippen LogP contribution < -0.4 is 0 Å². The third kappa shape index (κ3) is 2.45. The monoisotopic (exact) mass is 268 g/mol. The van der Waals surface area contributed by atoms with Crippen molar-refractivity contribution < 1.29 is 19.5 Å². The van der Waals surface area contributed by atoms with Crippen LogP contribution in [0.15, 0.2) is 12.2 Å². The molecule has 0 radical (unpaired) electrons. The molecule has 6 nitrogen and oxygen atoms in total. The molecule has 0 aromatic heterocycles. The molecule has 106 valence electrons. The predicted molar refractivity (Wildman–Crippen MR) is 68.3 cm³/mol. The number of rotatable bonds is 2. The van der Waals surface area contributed by atoms with Gasteiger partial charge in [-0.05, 0) is 27.7 Å². The van der Waals surface area contributed by atoms with Crippen molar-refractivity contribution in [2.45, 2.75) is 57.8 Å². The summed E-state index contributed by atoms with van der Waals surface area (Å²) < 4.78 is 0. The fourth-order valence-corrected chi connectivity index (χ4v) is 2.67. The lowest BCUT2D eigenvalue weighted by Gasteiger charge is -2.39. The van der Waals surface area contributed by atoms with Crippen LogP contribution in [0.4, 0.5) is 4.79 Å². The molecule has 1 aliphatic carbocycles. The van der Waals surface area contributed by atoms with Gasteiger partial charge in [-0.3, -0.25) is 14.5 Å². The van der Waals surface area contributed by atoms with Gasteiger partial charge < -0.3 is 5.11 Å². The SMILES string of the molecule is CC(C(=O)N1O[C@H]2C=CC1C2)N(C(=O)O)C(C)(C)C. The quantitative estimate of drug-likeness (QED) is 0.773. The van der Waals surface area contributed by atoms with Crippen LogP contribution in [0, 0.1) is 0 Å². The van der Waals surface area contributed by atoms with Gasteiger partial charge in [0.1, 0.15) is 12.1 Å². The molecule has 1 heterocycles. The average molecular weight is 268 g/mol. The van der Waals surface area contributed by atoms with E-state index in [1.807, 2.05) is 12.2 Å². The van der Waals surface area contributed by atoms with Gasteiger partial charge in [0.15, 0.2) is 0 Å². The zero-order valence-corrected chi connectivity index (χ0v) is 11.7. The third-order valence-electron chi connectivity index (χ3n) is 3.46. The largest absolute Gasteiger partial charge is 0.465 e. The Morgan fingerprint density at radius 3 is 2.42 bits per heavy atom. The Bertz CT molecular complexity index is 427. The molecule has 0 aromatic rings. The van der Waals surface area contributed by atoms with Gasteiger partial charge in [-0.25, -0.2) is 9.86 Å². The fraction of sp³-hybridized carbons (Fsp3) is 0.692. The van der Waals surface area contributed by atoms with E-state index < -0.39 is 17.7 Å². The van der Waals surface area contributed by atoms with Crippen LogP contribution >= 0.6 is 0 Å². The molecular formula is C13H20N2O4. The van der Waals surface area contributed by atoms with Crippen LogP contribution in [0.2, 0.25) is 0 Å². The third-order valence-corrected chi connectivity index (χ3v) is 3.46. The van der Waals surface area contributed by atoms with Crippen LogP contribution in [-0.4, -0.2) is 50.8 Å². The topological polar surface area (TPSA) is 70.1 Å². The van der Waals surface area contributed by atoms with Crippen LogP contribution in [0.5, 0.6) is 0 Å². The standard InChI is InChI=1S/C13H20N2O4/c1-8(14(12(17)18)13(2,3)4)11(16)15-9-5-6-10(7-9)19-15/h5-6,8-10H,7H2,1-4H3,(H,17,18)/t8?,9?,10-/m0/s1. The number of fused-ring (bicyclic) bond motifs is 2. The number of hydroxylamine groups is 2. The van der Waals surface area contributed by atoms with E-state index in [-0.39, 0.29) is 18.1 Å². The number of hydrogen-bond acceptors (Lipinski definition) is 3. The number of nitrogens with zero attached hydrogens (tertiary/aromatic N) is 2. The first-order valence-corrected chi connectivity index (χ1v) is 6.42. The highest BCUT2D eigenvalue weighted by Crippen LogP contribution is 2.31. The van der Waals surface area contributed by atoms with Gasteiger partial charge in [-0.2, -0.15) is 0 Å². The molecule has 0 saturated carbocycles. The van der Waals surface area contributed by atoms with Crippen LogP contribution in [0.3, 0.4) is 0 Å². The van der Waals surface area contributed by atoms with Gasteiger partial charge in [-0.1, -0.05) is 12.2 Å². The highest BCUT2D eigenvalue weighted by Gasteiger charge is 2.43. The van der Waals surface area contributed by atoms with E-state index in [0.717, 1.165) is 11.3 Å². The van der Waals surface area contributed by atoms with Crippen molar-refractivity contribution in [3.63, 3.8) is 0 Å². The first-order chi connectivity index (χ1) is 8.71. The van der Waals surface area contributed by atoms with Gasteiger partial charge >= 0.3 is 6.09 Å². The second kappa shape index (κ2) is 4.52. The van der Waals surface area contributed by atoms with Crippen molar-refractivity contribution in [1.82, 2.24) is 9.96 Å². The minimum absolute atomic E-state index is 0.0472. The molecule has 6 heteroatoms. The van der Waals surface area contributed by atoms with Gasteiger partial charge in [0.2, 0.25) is 0 Å².